The van der Waals surface area contributed by atoms with Crippen LogP contribution in [0.3, 0.4) is 0 Å². The van der Waals surface area contributed by atoms with Crippen LogP contribution in [0.25, 0.3) is 0 Å². The third-order valence-electron chi connectivity index (χ3n) is 4.39. The first-order valence-electron chi connectivity index (χ1n) is 8.98. The van der Waals surface area contributed by atoms with Crippen LogP contribution in [0.5, 0.6) is 0 Å². The van der Waals surface area contributed by atoms with Gasteiger partial charge in [0.15, 0.2) is 11.2 Å². The molecule has 2 saturated heterocycles. The van der Waals surface area contributed by atoms with Crippen LogP contribution in [0, 0.1) is 0 Å². The number of methoxy groups -OCH3 is 1. The number of ether oxygens (including phenoxy) is 3. The minimum atomic E-state index is -1.00. The Labute approximate surface area is 231 Å². The Hall–Kier alpha value is 0.880. The summed E-state index contributed by atoms with van der Waals surface area (Å²) in [6.07, 6.45) is 0. The second kappa shape index (κ2) is 14.2. The minimum Gasteiger partial charge on any atom is -1.00 e. The van der Waals surface area contributed by atoms with Gasteiger partial charge in [-0.2, -0.15) is 10.2 Å². The van der Waals surface area contributed by atoms with Crippen LogP contribution in [0.1, 0.15) is 14.2 Å². The molecule has 0 unspecified atom stereocenters. The van der Waals surface area contributed by atoms with Crippen molar-refractivity contribution in [1.82, 2.24) is 19.6 Å². The van der Waals surface area contributed by atoms with Crippen LogP contribution < -0.4 is 29.6 Å². The van der Waals surface area contributed by atoms with Crippen LogP contribution in [0.2, 0.25) is 0 Å². The van der Waals surface area contributed by atoms with Crippen molar-refractivity contribution in [3.8, 4) is 0 Å². The van der Waals surface area contributed by atoms with Crippen LogP contribution in [-0.2, 0) is 39.5 Å². The van der Waals surface area contributed by atoms with Gasteiger partial charge in [0.25, 0.3) is 0 Å². The molecule has 4 heterocycles. The van der Waals surface area contributed by atoms with Gasteiger partial charge in [0.2, 0.25) is 0 Å². The first kappa shape index (κ1) is 28.9. The molecule has 0 aliphatic carbocycles. The summed E-state index contributed by atoms with van der Waals surface area (Å²) in [6, 6.07) is 3.77. The second-order valence-electron chi connectivity index (χ2n) is 6.17. The maximum atomic E-state index is 9.96. The summed E-state index contributed by atoms with van der Waals surface area (Å²) in [6.45, 7) is 1.93. The van der Waals surface area contributed by atoms with Crippen molar-refractivity contribution in [2.45, 2.75) is 11.2 Å². The average molecular weight is 681 g/mol. The van der Waals surface area contributed by atoms with Gasteiger partial charge >= 0.3 is 29.6 Å². The summed E-state index contributed by atoms with van der Waals surface area (Å²) < 4.78 is 36.1. The summed E-state index contributed by atoms with van der Waals surface area (Å²) in [5, 5.41) is 18.2. The molecule has 8 nitrogen and oxygen atoms in total. The maximum Gasteiger partial charge on any atom is 1.00 e. The Bertz CT molecular complexity index is 793. The van der Waals surface area contributed by atoms with Gasteiger partial charge in [-0.3, -0.25) is 13.8 Å². The molecule has 0 atom stereocenters. The van der Waals surface area contributed by atoms with Gasteiger partial charge in [-0.15, -0.1) is 0 Å². The summed E-state index contributed by atoms with van der Waals surface area (Å²) in [4.78, 5) is 1.97. The predicted molar refractivity (Wildman–Crippen MR) is 124 cm³/mol. The molecule has 2 aromatic rings. The fourth-order valence-electron chi connectivity index (χ4n) is 2.83. The van der Waals surface area contributed by atoms with Crippen molar-refractivity contribution in [2.75, 3.05) is 45.6 Å². The molecule has 30 heavy (non-hydrogen) atoms. The fraction of sp³-hybridized carbons (Fsp3) is 0.647. The molecule has 0 radical (unpaired) electrons. The molecule has 4 rings (SSSR count). The van der Waals surface area contributed by atoms with E-state index in [9.17, 15) is 9.50 Å². The standard InChI is InChI=1S/C8H11BrN2O2.C7H9BrN2O2.CH3F.CH3I.Na.H/c1-11-6(3-7(9)10-11)8(12-2)4-13-5-8;1-10-5(2-6(8)9-10)7(11)3-12-4-7;2*1-2;;/h3H,4-5H2,1-2H3;2,11H,3-4H2,1H3;2*1H3;;/q;;;;+1;-1/i;;1D;;;. The first-order chi connectivity index (χ1) is 14.2. The van der Waals surface area contributed by atoms with Crippen molar-refractivity contribution in [3.63, 3.8) is 0 Å². The van der Waals surface area contributed by atoms with E-state index in [1.165, 1.54) is 0 Å². The van der Waals surface area contributed by atoms with Gasteiger partial charge in [0, 0.05) is 21.2 Å². The van der Waals surface area contributed by atoms with Gasteiger partial charge in [0.1, 0.15) is 9.21 Å². The van der Waals surface area contributed by atoms with Gasteiger partial charge in [-0.25, -0.2) is 0 Å². The third-order valence-corrected chi connectivity index (χ3v) is 5.16. The van der Waals surface area contributed by atoms with Gasteiger partial charge in [-0.1, -0.05) is 22.6 Å². The number of hydrogen-bond acceptors (Lipinski definition) is 6. The Balaban J connectivity index is 0. The van der Waals surface area contributed by atoms with E-state index in [2.05, 4.69) is 64.6 Å². The van der Waals surface area contributed by atoms with Crippen molar-refractivity contribution in [1.29, 1.82) is 0 Å². The van der Waals surface area contributed by atoms with E-state index < -0.39 is 12.8 Å². The van der Waals surface area contributed by atoms with Crippen molar-refractivity contribution in [3.05, 3.63) is 32.7 Å². The van der Waals surface area contributed by atoms with E-state index in [0.29, 0.717) is 26.4 Å². The molecule has 0 bridgehead atoms. The summed E-state index contributed by atoms with van der Waals surface area (Å²) in [5.41, 5.74) is 0.732. The zero-order valence-electron chi connectivity index (χ0n) is 19.7. The third kappa shape index (κ3) is 7.19. The number of hydrogen-bond donors (Lipinski definition) is 1. The minimum absolute atomic E-state index is 0. The van der Waals surface area contributed by atoms with Crippen molar-refractivity contribution >= 4 is 54.5 Å². The molecule has 2 aromatic heterocycles. The summed E-state index contributed by atoms with van der Waals surface area (Å²) >= 11 is 8.72. The van der Waals surface area contributed by atoms with E-state index in [1.807, 2.05) is 28.8 Å². The molecule has 2 aliphatic rings. The van der Waals surface area contributed by atoms with Crippen molar-refractivity contribution < 1.29 is 56.1 Å². The first-order valence-corrected chi connectivity index (χ1v) is 12.0. The van der Waals surface area contributed by atoms with Crippen LogP contribution >= 0.6 is 54.5 Å². The van der Waals surface area contributed by atoms with Gasteiger partial charge < -0.3 is 20.7 Å². The maximum absolute atomic E-state index is 9.96. The molecule has 13 heteroatoms. The predicted octanol–water partition coefficient (Wildman–Crippen LogP) is 0.208. The fourth-order valence-corrected chi connectivity index (χ4v) is 3.74. The number of aliphatic hydroxyl groups is 1. The molecule has 2 fully saturated rings. The Morgan fingerprint density at radius 2 is 1.53 bits per heavy atom. The van der Waals surface area contributed by atoms with Crippen molar-refractivity contribution in [2.24, 2.45) is 14.1 Å². The van der Waals surface area contributed by atoms with E-state index in [-0.39, 0.29) is 36.6 Å². The molecule has 168 valence electrons. The topological polar surface area (TPSA) is 83.6 Å². The number of halogens is 4. The normalized spacial score (nSPS) is 17.7. The second-order valence-corrected chi connectivity index (χ2v) is 7.79. The zero-order chi connectivity index (χ0) is 22.9. The molecule has 2 aliphatic heterocycles. The molecule has 0 aromatic carbocycles. The Morgan fingerprint density at radius 1 is 1.13 bits per heavy atom. The molecular weight excluding hydrogens is 653 g/mol. The number of alkyl halides is 2. The molecule has 0 amide bonds. The van der Waals surface area contributed by atoms with Gasteiger partial charge in [-0.05, 0) is 48.9 Å². The largest absolute Gasteiger partial charge is 1.00 e. The molecule has 0 spiro atoms. The van der Waals surface area contributed by atoms with Crippen LogP contribution in [-0.4, -0.2) is 70.3 Å². The van der Waals surface area contributed by atoms with E-state index >= 15 is 0 Å². The Kier molecular flexibility index (Phi) is 13.7. The van der Waals surface area contributed by atoms with E-state index in [1.54, 1.807) is 18.8 Å². The smallest absolute Gasteiger partial charge is 1.00 e. The number of rotatable bonds is 3. The quantitative estimate of drug-likeness (QED) is 0.284. The monoisotopic (exact) mass is 679 g/mol. The average Bonchev–Trinajstić information content (AvgIpc) is 3.16. The molecule has 0 saturated carbocycles. The summed E-state index contributed by atoms with van der Waals surface area (Å²) in [5.74, 6) is 0. The van der Waals surface area contributed by atoms with E-state index in [0.717, 1.165) is 20.6 Å². The number of aromatic nitrogens is 4. The van der Waals surface area contributed by atoms with Gasteiger partial charge in [0.05, 0.1) is 46.3 Å². The number of nitrogens with zero attached hydrogens (tertiary/aromatic N) is 4. The Morgan fingerprint density at radius 3 is 1.77 bits per heavy atom. The summed E-state index contributed by atoms with van der Waals surface area (Å²) in [7, 11) is 4.40. The SMILES string of the molecule is CI.COC1(c2cc(Br)nn2C)COC1.Cn1nc(Br)cc1C1(O)COC1.[2H]CF.[H-].[Na+]. The number of aryl methyl sites for hydroxylation is 2. The van der Waals surface area contributed by atoms with Crippen LogP contribution in [0.4, 0.5) is 4.39 Å². The molecule has 1 N–H and O–H groups in total. The van der Waals surface area contributed by atoms with E-state index in [4.69, 9.17) is 15.6 Å². The zero-order valence-corrected chi connectivity index (χ0v) is 25.0. The van der Waals surface area contributed by atoms with Crippen LogP contribution in [0.15, 0.2) is 21.3 Å². The molecular formula is C17H27Br2FIN4NaO4.